The summed E-state index contributed by atoms with van der Waals surface area (Å²) in [6, 6.07) is 17.8. The Kier molecular flexibility index (Phi) is 4.44. The molecule has 0 aliphatic heterocycles. The molecule has 0 unspecified atom stereocenters. The van der Waals surface area contributed by atoms with E-state index in [1.807, 2.05) is 30.3 Å². The maximum Gasteiger partial charge on any atom is 0.416 e. The van der Waals surface area contributed by atoms with E-state index in [0.29, 0.717) is 49.8 Å². The summed E-state index contributed by atoms with van der Waals surface area (Å²) in [4.78, 5) is 0. The zero-order valence-corrected chi connectivity index (χ0v) is 17.2. The van der Waals surface area contributed by atoms with Crippen LogP contribution in [0, 0.1) is 0 Å². The van der Waals surface area contributed by atoms with E-state index >= 15 is 0 Å². The SMILES string of the molecule is COc1cc2c(O)cc3c(c2cc1OC)c1ccc(C(F)(F)F)cc1n3-c1ccccc1. The van der Waals surface area contributed by atoms with Gasteiger partial charge in [0.2, 0.25) is 0 Å². The predicted octanol–water partition coefficient (Wildman–Crippen LogP) is 6.68. The molecule has 0 fully saturated rings. The summed E-state index contributed by atoms with van der Waals surface area (Å²) in [6.45, 7) is 0. The lowest BCUT2D eigenvalue weighted by molar-refractivity contribution is -0.137. The van der Waals surface area contributed by atoms with Crippen LogP contribution in [0.1, 0.15) is 5.56 Å². The van der Waals surface area contributed by atoms with Gasteiger partial charge in [0.15, 0.2) is 11.5 Å². The second kappa shape index (κ2) is 7.09. The molecule has 0 atom stereocenters. The first-order valence-electron chi connectivity index (χ1n) is 9.82. The van der Waals surface area contributed by atoms with Gasteiger partial charge in [-0.1, -0.05) is 24.3 Å². The zero-order chi connectivity index (χ0) is 22.6. The number of ether oxygens (including phenoxy) is 2. The molecule has 1 aromatic heterocycles. The molecule has 0 radical (unpaired) electrons. The Morgan fingerprint density at radius 2 is 1.41 bits per heavy atom. The molecule has 4 nitrogen and oxygen atoms in total. The van der Waals surface area contributed by atoms with Crippen LogP contribution in [-0.2, 0) is 6.18 Å². The van der Waals surface area contributed by atoms with Gasteiger partial charge in [-0.3, -0.25) is 0 Å². The first-order valence-corrected chi connectivity index (χ1v) is 9.82. The third kappa shape index (κ3) is 2.92. The Balaban J connectivity index is 2.02. The highest BCUT2D eigenvalue weighted by Crippen LogP contribution is 2.45. The molecule has 0 saturated carbocycles. The third-order valence-electron chi connectivity index (χ3n) is 5.69. The largest absolute Gasteiger partial charge is 0.507 e. The number of hydrogen-bond donors (Lipinski definition) is 1. The lowest BCUT2D eigenvalue weighted by Crippen LogP contribution is -2.04. The fourth-order valence-electron chi connectivity index (χ4n) is 4.26. The maximum absolute atomic E-state index is 13.5. The van der Waals surface area contributed by atoms with Crippen LogP contribution in [-0.4, -0.2) is 23.9 Å². The molecular weight excluding hydrogens is 419 g/mol. The van der Waals surface area contributed by atoms with Crippen molar-refractivity contribution in [3.8, 4) is 22.9 Å². The molecule has 5 aromatic rings. The first kappa shape index (κ1) is 20.1. The summed E-state index contributed by atoms with van der Waals surface area (Å²) in [5, 5.41) is 13.4. The van der Waals surface area contributed by atoms with Gasteiger partial charge in [-0.25, -0.2) is 0 Å². The number of aromatic hydroxyl groups is 1. The zero-order valence-electron chi connectivity index (χ0n) is 17.2. The second-order valence-electron chi connectivity index (χ2n) is 7.44. The van der Waals surface area contributed by atoms with E-state index in [0.717, 1.165) is 12.1 Å². The van der Waals surface area contributed by atoms with Gasteiger partial charge in [0, 0.05) is 27.9 Å². The van der Waals surface area contributed by atoms with Crippen molar-refractivity contribution in [1.29, 1.82) is 0 Å². The van der Waals surface area contributed by atoms with Crippen molar-refractivity contribution in [3.05, 3.63) is 72.3 Å². The van der Waals surface area contributed by atoms with Gasteiger partial charge in [0.25, 0.3) is 0 Å². The fourth-order valence-corrected chi connectivity index (χ4v) is 4.26. The van der Waals surface area contributed by atoms with E-state index < -0.39 is 11.7 Å². The van der Waals surface area contributed by atoms with Gasteiger partial charge in [-0.15, -0.1) is 0 Å². The van der Waals surface area contributed by atoms with Crippen LogP contribution in [0.2, 0.25) is 0 Å². The van der Waals surface area contributed by atoms with E-state index in [4.69, 9.17) is 9.47 Å². The molecule has 32 heavy (non-hydrogen) atoms. The number of halogens is 3. The molecular formula is C25H18F3NO3. The number of phenols is 1. The maximum atomic E-state index is 13.5. The molecule has 0 saturated heterocycles. The smallest absolute Gasteiger partial charge is 0.416 e. The first-order chi connectivity index (χ1) is 15.3. The van der Waals surface area contributed by atoms with Crippen LogP contribution >= 0.6 is 0 Å². The normalized spacial score (nSPS) is 12.0. The van der Waals surface area contributed by atoms with E-state index in [-0.39, 0.29) is 5.75 Å². The Labute approximate surface area is 181 Å². The van der Waals surface area contributed by atoms with Crippen molar-refractivity contribution < 1.29 is 27.8 Å². The summed E-state index contributed by atoms with van der Waals surface area (Å²) in [6.07, 6.45) is -4.48. The Bertz CT molecular complexity index is 1490. The molecule has 0 bridgehead atoms. The molecule has 1 N–H and O–H groups in total. The Morgan fingerprint density at radius 3 is 2.03 bits per heavy atom. The molecule has 1 heterocycles. The number of para-hydroxylation sites is 1. The summed E-state index contributed by atoms with van der Waals surface area (Å²) >= 11 is 0. The van der Waals surface area contributed by atoms with Gasteiger partial charge in [-0.2, -0.15) is 13.2 Å². The Hall–Kier alpha value is -3.87. The summed E-state index contributed by atoms with van der Waals surface area (Å²) in [7, 11) is 3.01. The molecule has 0 aliphatic rings. The quantitative estimate of drug-likeness (QED) is 0.342. The number of methoxy groups -OCH3 is 2. The van der Waals surface area contributed by atoms with Crippen LogP contribution in [0.3, 0.4) is 0 Å². The van der Waals surface area contributed by atoms with Crippen molar-refractivity contribution >= 4 is 32.6 Å². The number of phenolic OH excluding ortho intramolecular Hbond substituents is 1. The highest BCUT2D eigenvalue weighted by molar-refractivity contribution is 6.23. The number of alkyl halides is 3. The van der Waals surface area contributed by atoms with Crippen molar-refractivity contribution in [2.45, 2.75) is 6.18 Å². The molecule has 4 aromatic carbocycles. The number of nitrogens with zero attached hydrogens (tertiary/aromatic N) is 1. The van der Waals surface area contributed by atoms with Gasteiger partial charge in [0.05, 0.1) is 30.8 Å². The van der Waals surface area contributed by atoms with Gasteiger partial charge < -0.3 is 19.1 Å². The fraction of sp³-hybridized carbons (Fsp3) is 0.120. The number of hydrogen-bond acceptors (Lipinski definition) is 3. The van der Waals surface area contributed by atoms with Gasteiger partial charge >= 0.3 is 6.18 Å². The van der Waals surface area contributed by atoms with Crippen molar-refractivity contribution in [2.75, 3.05) is 14.2 Å². The minimum Gasteiger partial charge on any atom is -0.507 e. The molecule has 5 rings (SSSR count). The van der Waals surface area contributed by atoms with Crippen molar-refractivity contribution in [1.82, 2.24) is 4.57 Å². The average Bonchev–Trinajstić information content (AvgIpc) is 3.11. The lowest BCUT2D eigenvalue weighted by Gasteiger charge is -2.12. The average molecular weight is 437 g/mol. The number of benzene rings is 4. The predicted molar refractivity (Wildman–Crippen MR) is 118 cm³/mol. The van der Waals surface area contributed by atoms with E-state index in [1.54, 1.807) is 22.8 Å². The highest BCUT2D eigenvalue weighted by atomic mass is 19.4. The van der Waals surface area contributed by atoms with Crippen LogP contribution in [0.5, 0.6) is 17.2 Å². The van der Waals surface area contributed by atoms with E-state index in [2.05, 4.69) is 0 Å². The van der Waals surface area contributed by atoms with E-state index in [1.165, 1.54) is 20.3 Å². The minimum atomic E-state index is -4.48. The summed E-state index contributed by atoms with van der Waals surface area (Å²) in [5.41, 5.74) is 0.925. The van der Waals surface area contributed by atoms with Gasteiger partial charge in [-0.05, 0) is 41.8 Å². The monoisotopic (exact) mass is 437 g/mol. The summed E-state index contributed by atoms with van der Waals surface area (Å²) in [5.74, 6) is 0.893. The molecule has 162 valence electrons. The minimum absolute atomic E-state index is 0.00974. The molecule has 0 aliphatic carbocycles. The standard InChI is InChI=1S/C25H18F3NO3/c1-31-22-11-17-18(12-23(22)32-2)24-16-9-8-14(25(26,27)28)10-19(16)29(20(24)13-21(17)30)15-6-4-3-5-7-15/h3-13,30H,1-2H3. The highest BCUT2D eigenvalue weighted by Gasteiger charge is 2.31. The second-order valence-corrected chi connectivity index (χ2v) is 7.44. The Morgan fingerprint density at radius 1 is 0.750 bits per heavy atom. The lowest BCUT2D eigenvalue weighted by atomic mass is 10.0. The van der Waals surface area contributed by atoms with E-state index in [9.17, 15) is 18.3 Å². The summed E-state index contributed by atoms with van der Waals surface area (Å²) < 4.78 is 53.1. The van der Waals surface area contributed by atoms with Gasteiger partial charge in [0.1, 0.15) is 5.75 Å². The van der Waals surface area contributed by atoms with Crippen molar-refractivity contribution in [3.63, 3.8) is 0 Å². The molecule has 7 heteroatoms. The van der Waals surface area contributed by atoms with Crippen LogP contribution in [0.15, 0.2) is 66.7 Å². The van der Waals surface area contributed by atoms with Crippen LogP contribution in [0.25, 0.3) is 38.3 Å². The molecule has 0 amide bonds. The number of rotatable bonds is 3. The third-order valence-corrected chi connectivity index (χ3v) is 5.69. The topological polar surface area (TPSA) is 43.6 Å². The molecule has 0 spiro atoms. The van der Waals surface area contributed by atoms with Crippen LogP contribution in [0.4, 0.5) is 13.2 Å². The van der Waals surface area contributed by atoms with Crippen LogP contribution < -0.4 is 9.47 Å². The number of aromatic nitrogens is 1. The number of fused-ring (bicyclic) bond motifs is 5. The van der Waals surface area contributed by atoms with Crippen molar-refractivity contribution in [2.24, 2.45) is 0 Å².